The summed E-state index contributed by atoms with van der Waals surface area (Å²) in [6.45, 7) is 8.17. The molecule has 1 amide bonds. The molecule has 2 heterocycles. The van der Waals surface area contributed by atoms with E-state index in [-0.39, 0.29) is 18.1 Å². The first-order chi connectivity index (χ1) is 10.3. The Morgan fingerprint density at radius 1 is 1.27 bits per heavy atom. The molecule has 1 aromatic heterocycles. The normalized spacial score (nSPS) is 16.2. The molecule has 22 heavy (non-hydrogen) atoms. The predicted molar refractivity (Wildman–Crippen MR) is 82.0 cm³/mol. The van der Waals surface area contributed by atoms with Crippen LogP contribution in [-0.2, 0) is 4.74 Å². The van der Waals surface area contributed by atoms with Crippen LogP contribution in [0.15, 0.2) is 0 Å². The number of carbonyl (C=O) groups excluding carboxylic acids is 2. The zero-order valence-corrected chi connectivity index (χ0v) is 13.6. The van der Waals surface area contributed by atoms with E-state index in [1.807, 2.05) is 0 Å². The molecule has 0 unspecified atom stereocenters. The minimum atomic E-state index is -0.408. The van der Waals surface area contributed by atoms with Gasteiger partial charge in [0.2, 0.25) is 0 Å². The summed E-state index contributed by atoms with van der Waals surface area (Å²) in [5.41, 5.74) is 2.14. The Hall–Kier alpha value is -1.82. The van der Waals surface area contributed by atoms with E-state index in [9.17, 15) is 14.7 Å². The average Bonchev–Trinajstić information content (AvgIpc) is 2.73. The van der Waals surface area contributed by atoms with Gasteiger partial charge >= 0.3 is 5.97 Å². The van der Waals surface area contributed by atoms with Crippen LogP contribution in [0.4, 0.5) is 0 Å². The van der Waals surface area contributed by atoms with Gasteiger partial charge < -0.3 is 19.7 Å². The molecule has 1 aliphatic rings. The maximum Gasteiger partial charge on any atom is 0.340 e. The number of H-pyrrole nitrogens is 1. The number of aliphatic hydroxyl groups excluding tert-OH is 1. The number of rotatable bonds is 3. The molecule has 0 saturated carbocycles. The van der Waals surface area contributed by atoms with Crippen molar-refractivity contribution < 1.29 is 19.4 Å². The summed E-state index contributed by atoms with van der Waals surface area (Å²) in [5, 5.41) is 9.53. The van der Waals surface area contributed by atoms with Crippen LogP contribution in [0.1, 0.15) is 58.8 Å². The molecule has 6 nitrogen and oxygen atoms in total. The number of hydrogen-bond acceptors (Lipinski definition) is 4. The van der Waals surface area contributed by atoms with Crippen molar-refractivity contribution in [2.75, 3.05) is 13.1 Å². The van der Waals surface area contributed by atoms with Crippen molar-refractivity contribution in [1.29, 1.82) is 0 Å². The van der Waals surface area contributed by atoms with Crippen LogP contribution in [-0.4, -0.2) is 52.2 Å². The van der Waals surface area contributed by atoms with E-state index in [4.69, 9.17) is 4.74 Å². The highest BCUT2D eigenvalue weighted by atomic mass is 16.5. The number of nitrogens with one attached hydrogen (secondary N) is 1. The van der Waals surface area contributed by atoms with E-state index in [2.05, 4.69) is 4.98 Å². The van der Waals surface area contributed by atoms with Gasteiger partial charge in [-0.15, -0.1) is 0 Å². The van der Waals surface area contributed by atoms with Crippen LogP contribution < -0.4 is 0 Å². The van der Waals surface area contributed by atoms with Crippen LogP contribution in [0.5, 0.6) is 0 Å². The van der Waals surface area contributed by atoms with Crippen molar-refractivity contribution in [2.24, 2.45) is 0 Å². The highest BCUT2D eigenvalue weighted by molar-refractivity contribution is 6.00. The highest BCUT2D eigenvalue weighted by Crippen LogP contribution is 2.22. The quantitative estimate of drug-likeness (QED) is 0.834. The van der Waals surface area contributed by atoms with Gasteiger partial charge in [0, 0.05) is 18.8 Å². The number of aromatic amines is 1. The zero-order chi connectivity index (χ0) is 16.4. The Labute approximate surface area is 130 Å². The summed E-state index contributed by atoms with van der Waals surface area (Å²) >= 11 is 0. The fourth-order valence-electron chi connectivity index (χ4n) is 2.77. The number of nitrogens with zero attached hydrogens (tertiary/aromatic N) is 1. The van der Waals surface area contributed by atoms with Gasteiger partial charge in [0.05, 0.1) is 17.8 Å². The summed E-state index contributed by atoms with van der Waals surface area (Å²) in [6, 6.07) is 0. The van der Waals surface area contributed by atoms with E-state index >= 15 is 0 Å². The van der Waals surface area contributed by atoms with Crippen LogP contribution in [0.2, 0.25) is 0 Å². The lowest BCUT2D eigenvalue weighted by molar-refractivity contribution is 0.0376. The Morgan fingerprint density at radius 3 is 2.41 bits per heavy atom. The van der Waals surface area contributed by atoms with Crippen LogP contribution in [0.3, 0.4) is 0 Å². The Bertz CT molecular complexity index is 569. The number of ether oxygens (including phenoxy) is 1. The van der Waals surface area contributed by atoms with E-state index in [1.165, 1.54) is 0 Å². The molecule has 2 rings (SSSR count). The molecule has 6 heteroatoms. The van der Waals surface area contributed by atoms with Crippen molar-refractivity contribution in [3.8, 4) is 0 Å². The van der Waals surface area contributed by atoms with Crippen LogP contribution in [0.25, 0.3) is 0 Å². The number of piperidine rings is 1. The van der Waals surface area contributed by atoms with E-state index in [1.54, 1.807) is 32.6 Å². The first kappa shape index (κ1) is 16.5. The maximum absolute atomic E-state index is 12.6. The van der Waals surface area contributed by atoms with Gasteiger partial charge in [-0.2, -0.15) is 0 Å². The molecular formula is C16H24N2O4. The summed E-state index contributed by atoms with van der Waals surface area (Å²) in [7, 11) is 0. The number of aliphatic hydroxyl groups is 1. The molecule has 0 bridgehead atoms. The van der Waals surface area contributed by atoms with Crippen LogP contribution >= 0.6 is 0 Å². The maximum atomic E-state index is 12.6. The molecule has 1 saturated heterocycles. The van der Waals surface area contributed by atoms with Crippen molar-refractivity contribution in [1.82, 2.24) is 9.88 Å². The van der Waals surface area contributed by atoms with Crippen molar-refractivity contribution in [3.63, 3.8) is 0 Å². The molecule has 0 aromatic carbocycles. The van der Waals surface area contributed by atoms with E-state index in [0.717, 1.165) is 0 Å². The SMILES string of the molecule is Cc1[nH]c(C(=O)N2CCC(O)CC2)c(C)c1C(=O)OC(C)C. The summed E-state index contributed by atoms with van der Waals surface area (Å²) < 4.78 is 5.23. The lowest BCUT2D eigenvalue weighted by atomic mass is 10.1. The fourth-order valence-corrected chi connectivity index (χ4v) is 2.77. The second-order valence-electron chi connectivity index (χ2n) is 6.10. The van der Waals surface area contributed by atoms with E-state index < -0.39 is 5.97 Å². The minimum Gasteiger partial charge on any atom is -0.459 e. The third-order valence-electron chi connectivity index (χ3n) is 3.95. The molecule has 2 N–H and O–H groups in total. The van der Waals surface area contributed by atoms with Gasteiger partial charge in [0.1, 0.15) is 5.69 Å². The van der Waals surface area contributed by atoms with Gasteiger partial charge in [0.25, 0.3) is 5.91 Å². The number of amides is 1. The molecule has 0 radical (unpaired) electrons. The second kappa shape index (κ2) is 6.52. The Morgan fingerprint density at radius 2 is 1.86 bits per heavy atom. The van der Waals surface area contributed by atoms with Gasteiger partial charge in [0.15, 0.2) is 0 Å². The van der Waals surface area contributed by atoms with Gasteiger partial charge in [-0.05, 0) is 46.1 Å². The summed E-state index contributed by atoms with van der Waals surface area (Å²) in [5.74, 6) is -0.537. The molecule has 122 valence electrons. The largest absolute Gasteiger partial charge is 0.459 e. The lowest BCUT2D eigenvalue weighted by Gasteiger charge is -2.29. The third kappa shape index (κ3) is 3.32. The van der Waals surface area contributed by atoms with Crippen molar-refractivity contribution >= 4 is 11.9 Å². The Balaban J connectivity index is 2.22. The molecule has 1 aliphatic heterocycles. The molecular weight excluding hydrogens is 284 g/mol. The minimum absolute atomic E-state index is 0.129. The average molecular weight is 308 g/mol. The fraction of sp³-hybridized carbons (Fsp3) is 0.625. The molecule has 0 atom stereocenters. The zero-order valence-electron chi connectivity index (χ0n) is 13.6. The lowest BCUT2D eigenvalue weighted by Crippen LogP contribution is -2.40. The predicted octanol–water partition coefficient (Wildman–Crippen LogP) is 1.79. The number of likely N-dealkylation sites (tertiary alicyclic amines) is 1. The topological polar surface area (TPSA) is 82.6 Å². The standard InChI is InChI=1S/C16H24N2O4/c1-9(2)22-16(21)13-10(3)14(17-11(13)4)15(20)18-7-5-12(19)6-8-18/h9,12,17,19H,5-8H2,1-4H3. The van der Waals surface area contributed by atoms with Gasteiger partial charge in [-0.3, -0.25) is 4.79 Å². The number of aryl methyl sites for hydroxylation is 1. The van der Waals surface area contributed by atoms with Crippen LogP contribution in [0, 0.1) is 13.8 Å². The number of hydrogen-bond donors (Lipinski definition) is 2. The van der Waals surface area contributed by atoms with Gasteiger partial charge in [-0.1, -0.05) is 0 Å². The first-order valence-corrected chi connectivity index (χ1v) is 7.68. The van der Waals surface area contributed by atoms with Crippen molar-refractivity contribution in [3.05, 3.63) is 22.5 Å². The third-order valence-corrected chi connectivity index (χ3v) is 3.95. The van der Waals surface area contributed by atoms with E-state index in [0.29, 0.717) is 48.4 Å². The smallest absolute Gasteiger partial charge is 0.340 e. The highest BCUT2D eigenvalue weighted by Gasteiger charge is 2.28. The molecule has 0 aliphatic carbocycles. The van der Waals surface area contributed by atoms with Gasteiger partial charge in [-0.25, -0.2) is 4.79 Å². The molecule has 0 spiro atoms. The first-order valence-electron chi connectivity index (χ1n) is 7.68. The van der Waals surface area contributed by atoms with Crippen molar-refractivity contribution in [2.45, 2.75) is 52.7 Å². The Kier molecular flexibility index (Phi) is 4.90. The number of carbonyl (C=O) groups is 2. The number of esters is 1. The summed E-state index contributed by atoms with van der Waals surface area (Å²) in [6.07, 6.45) is 0.649. The number of aromatic nitrogens is 1. The second-order valence-corrected chi connectivity index (χ2v) is 6.10. The summed E-state index contributed by atoms with van der Waals surface area (Å²) in [4.78, 5) is 29.5. The molecule has 1 aromatic rings. The molecule has 1 fully saturated rings. The monoisotopic (exact) mass is 308 g/mol.